The van der Waals surface area contributed by atoms with Crippen molar-refractivity contribution in [2.24, 2.45) is 5.73 Å². The van der Waals surface area contributed by atoms with E-state index in [9.17, 15) is 8.42 Å². The highest BCUT2D eigenvalue weighted by Gasteiger charge is 2.16. The van der Waals surface area contributed by atoms with Crippen molar-refractivity contribution in [3.05, 3.63) is 24.0 Å². The van der Waals surface area contributed by atoms with Crippen LogP contribution < -0.4 is 10.5 Å². The minimum Gasteiger partial charge on any atom is -0.329 e. The van der Waals surface area contributed by atoms with Crippen LogP contribution in [0, 0.1) is 6.92 Å². The van der Waals surface area contributed by atoms with Gasteiger partial charge in [0.1, 0.15) is 4.90 Å². The summed E-state index contributed by atoms with van der Waals surface area (Å²) in [6.07, 6.45) is 1.33. The molecule has 92 valence electrons. The molecule has 7 heteroatoms. The van der Waals surface area contributed by atoms with Gasteiger partial charge in [-0.1, -0.05) is 0 Å². The lowest BCUT2D eigenvalue weighted by atomic mass is 10.4. The molecule has 0 amide bonds. The van der Waals surface area contributed by atoms with E-state index in [0.29, 0.717) is 0 Å². The van der Waals surface area contributed by atoms with E-state index in [4.69, 9.17) is 5.73 Å². The zero-order chi connectivity index (χ0) is 11.5. The van der Waals surface area contributed by atoms with Gasteiger partial charge in [0.2, 0.25) is 10.0 Å². The van der Waals surface area contributed by atoms with Crippen molar-refractivity contribution in [1.82, 2.24) is 9.71 Å². The standard InChI is InChI=1S/C9H15N3O2S.ClH/c1-7-3-4-9(6-11-7)15(13,14)12-8(2)5-10;/h3-4,6,8,12H,5,10H2,1-2H3;1H/t8-;/m1./s1. The second kappa shape index (κ2) is 6.15. The molecule has 16 heavy (non-hydrogen) atoms. The Morgan fingerprint density at radius 3 is 2.56 bits per heavy atom. The number of sulfonamides is 1. The molecule has 3 N–H and O–H groups in total. The predicted octanol–water partition coefficient (Wildman–Crippen LogP) is 0.437. The van der Waals surface area contributed by atoms with E-state index in [1.807, 2.05) is 0 Å². The average molecular weight is 266 g/mol. The summed E-state index contributed by atoms with van der Waals surface area (Å²) in [4.78, 5) is 4.09. The number of hydrogen-bond acceptors (Lipinski definition) is 4. The predicted molar refractivity (Wildman–Crippen MR) is 65.1 cm³/mol. The van der Waals surface area contributed by atoms with Crippen LogP contribution in [0.25, 0.3) is 0 Å². The quantitative estimate of drug-likeness (QED) is 0.827. The monoisotopic (exact) mass is 265 g/mol. The fourth-order valence-electron chi connectivity index (χ4n) is 0.994. The van der Waals surface area contributed by atoms with Crippen LogP contribution in [0.2, 0.25) is 0 Å². The summed E-state index contributed by atoms with van der Waals surface area (Å²) in [7, 11) is -3.48. The van der Waals surface area contributed by atoms with Crippen LogP contribution >= 0.6 is 12.4 Å². The number of aryl methyl sites for hydroxylation is 1. The molecule has 1 atom stereocenters. The Bertz CT molecular complexity index is 419. The van der Waals surface area contributed by atoms with Gasteiger partial charge in [-0.25, -0.2) is 13.1 Å². The number of hydrogen-bond donors (Lipinski definition) is 2. The molecule has 0 saturated carbocycles. The average Bonchev–Trinajstić information content (AvgIpc) is 2.17. The first-order chi connectivity index (χ1) is 6.95. The van der Waals surface area contributed by atoms with E-state index in [-0.39, 0.29) is 29.9 Å². The maximum absolute atomic E-state index is 11.7. The summed E-state index contributed by atoms with van der Waals surface area (Å²) in [5.41, 5.74) is 6.12. The third-order valence-corrected chi connectivity index (χ3v) is 3.48. The number of aromatic nitrogens is 1. The molecular formula is C9H16ClN3O2S. The first-order valence-corrected chi connectivity index (χ1v) is 6.09. The number of nitrogens with two attached hydrogens (primary N) is 1. The first kappa shape index (κ1) is 15.3. The fourth-order valence-corrected chi connectivity index (χ4v) is 2.19. The largest absolute Gasteiger partial charge is 0.329 e. The van der Waals surface area contributed by atoms with Crippen LogP contribution in [0.15, 0.2) is 23.2 Å². The van der Waals surface area contributed by atoms with Crippen molar-refractivity contribution in [2.75, 3.05) is 6.54 Å². The van der Waals surface area contributed by atoms with Crippen molar-refractivity contribution < 1.29 is 8.42 Å². The van der Waals surface area contributed by atoms with Gasteiger partial charge in [0.25, 0.3) is 0 Å². The zero-order valence-electron chi connectivity index (χ0n) is 9.17. The number of rotatable bonds is 4. The Kier molecular flexibility index (Phi) is 5.88. The molecule has 0 unspecified atom stereocenters. The molecule has 0 aliphatic carbocycles. The van der Waals surface area contributed by atoms with Gasteiger partial charge in [0, 0.05) is 24.5 Å². The molecule has 1 heterocycles. The Balaban J connectivity index is 0.00000225. The van der Waals surface area contributed by atoms with Gasteiger partial charge in [0.15, 0.2) is 0 Å². The lowest BCUT2D eigenvalue weighted by molar-refractivity contribution is 0.562. The van der Waals surface area contributed by atoms with E-state index in [2.05, 4.69) is 9.71 Å². The molecule has 0 aliphatic heterocycles. The third-order valence-electron chi connectivity index (χ3n) is 1.90. The van der Waals surface area contributed by atoms with Crippen LogP contribution in [-0.2, 0) is 10.0 Å². The zero-order valence-corrected chi connectivity index (χ0v) is 10.8. The molecule has 1 aromatic rings. The summed E-state index contributed by atoms with van der Waals surface area (Å²) in [6.45, 7) is 3.77. The lowest BCUT2D eigenvalue weighted by Gasteiger charge is -2.11. The normalized spacial score (nSPS) is 12.9. The molecule has 0 saturated heterocycles. The molecule has 0 radical (unpaired) electrons. The molecule has 0 fully saturated rings. The lowest BCUT2D eigenvalue weighted by Crippen LogP contribution is -2.37. The third kappa shape index (κ3) is 4.05. The smallest absolute Gasteiger partial charge is 0.242 e. The van der Waals surface area contributed by atoms with E-state index >= 15 is 0 Å². The van der Waals surface area contributed by atoms with Crippen LogP contribution in [0.5, 0.6) is 0 Å². The summed E-state index contributed by atoms with van der Waals surface area (Å²) in [6, 6.07) is 2.89. The van der Waals surface area contributed by atoms with Gasteiger partial charge in [0.05, 0.1) is 0 Å². The van der Waals surface area contributed by atoms with Gasteiger partial charge in [-0.3, -0.25) is 4.98 Å². The highest BCUT2D eigenvalue weighted by atomic mass is 35.5. The minimum atomic E-state index is -3.48. The van der Waals surface area contributed by atoms with Crippen molar-refractivity contribution in [3.8, 4) is 0 Å². The molecule has 0 bridgehead atoms. The topological polar surface area (TPSA) is 85.1 Å². The maximum Gasteiger partial charge on any atom is 0.242 e. The summed E-state index contributed by atoms with van der Waals surface area (Å²) < 4.78 is 25.9. The van der Waals surface area contributed by atoms with Crippen molar-refractivity contribution in [2.45, 2.75) is 24.8 Å². The summed E-state index contributed by atoms with van der Waals surface area (Å²) in [5, 5.41) is 0. The Hall–Kier alpha value is -0.690. The Labute approximate surface area is 102 Å². The number of nitrogens with zero attached hydrogens (tertiary/aromatic N) is 1. The van der Waals surface area contributed by atoms with Crippen LogP contribution in [-0.4, -0.2) is 26.0 Å². The number of pyridine rings is 1. The number of halogens is 1. The van der Waals surface area contributed by atoms with Crippen molar-refractivity contribution in [1.29, 1.82) is 0 Å². The molecule has 0 aliphatic rings. The van der Waals surface area contributed by atoms with Crippen molar-refractivity contribution >= 4 is 22.4 Å². The first-order valence-electron chi connectivity index (χ1n) is 4.61. The van der Waals surface area contributed by atoms with Crippen LogP contribution in [0.3, 0.4) is 0 Å². The number of nitrogens with one attached hydrogen (secondary N) is 1. The molecule has 1 rings (SSSR count). The van der Waals surface area contributed by atoms with E-state index < -0.39 is 10.0 Å². The second-order valence-corrected chi connectivity index (χ2v) is 5.11. The summed E-state index contributed by atoms with van der Waals surface area (Å²) >= 11 is 0. The molecular weight excluding hydrogens is 250 g/mol. The maximum atomic E-state index is 11.7. The fraction of sp³-hybridized carbons (Fsp3) is 0.444. The highest BCUT2D eigenvalue weighted by molar-refractivity contribution is 7.89. The van der Waals surface area contributed by atoms with Gasteiger partial charge in [-0.15, -0.1) is 12.4 Å². The van der Waals surface area contributed by atoms with Gasteiger partial charge >= 0.3 is 0 Å². The Morgan fingerprint density at radius 2 is 2.12 bits per heavy atom. The van der Waals surface area contributed by atoms with E-state index in [1.54, 1.807) is 19.9 Å². The van der Waals surface area contributed by atoms with Gasteiger partial charge in [-0.05, 0) is 26.0 Å². The Morgan fingerprint density at radius 1 is 1.50 bits per heavy atom. The molecule has 5 nitrogen and oxygen atoms in total. The van der Waals surface area contributed by atoms with Crippen LogP contribution in [0.1, 0.15) is 12.6 Å². The highest BCUT2D eigenvalue weighted by Crippen LogP contribution is 2.07. The van der Waals surface area contributed by atoms with E-state index in [0.717, 1.165) is 5.69 Å². The SMILES string of the molecule is Cc1ccc(S(=O)(=O)N[C@H](C)CN)cn1.Cl. The van der Waals surface area contributed by atoms with Gasteiger partial charge in [-0.2, -0.15) is 0 Å². The minimum absolute atomic E-state index is 0. The van der Waals surface area contributed by atoms with Crippen molar-refractivity contribution in [3.63, 3.8) is 0 Å². The van der Waals surface area contributed by atoms with Gasteiger partial charge < -0.3 is 5.73 Å². The summed E-state index contributed by atoms with van der Waals surface area (Å²) in [5.74, 6) is 0. The second-order valence-electron chi connectivity index (χ2n) is 3.39. The molecule has 1 aromatic heterocycles. The molecule has 0 spiro atoms. The van der Waals surface area contributed by atoms with E-state index in [1.165, 1.54) is 12.3 Å². The molecule has 0 aromatic carbocycles. The van der Waals surface area contributed by atoms with Crippen LogP contribution in [0.4, 0.5) is 0 Å².